The van der Waals surface area contributed by atoms with Crippen LogP contribution in [0.4, 0.5) is 26.3 Å². The van der Waals surface area contributed by atoms with Gasteiger partial charge in [0.2, 0.25) is 10.0 Å². The van der Waals surface area contributed by atoms with Crippen molar-refractivity contribution in [1.29, 1.82) is 0 Å². The first-order valence-electron chi connectivity index (χ1n) is 11.7. The van der Waals surface area contributed by atoms with E-state index in [4.69, 9.17) is 0 Å². The number of nitrogens with zero attached hydrogens (tertiary/aromatic N) is 4. The van der Waals surface area contributed by atoms with Gasteiger partial charge in [0.1, 0.15) is 24.5 Å². The lowest BCUT2D eigenvalue weighted by atomic mass is 9.95. The predicted octanol–water partition coefficient (Wildman–Crippen LogP) is 4.73. The maximum absolute atomic E-state index is 15.3. The van der Waals surface area contributed by atoms with Gasteiger partial charge in [0.25, 0.3) is 0 Å². The number of aryl methyl sites for hydroxylation is 1. The van der Waals surface area contributed by atoms with Crippen LogP contribution in [0.1, 0.15) is 31.2 Å². The average molecular weight is 573 g/mol. The minimum Gasteiger partial charge on any atom is -0.298 e. The van der Waals surface area contributed by atoms with Crippen molar-refractivity contribution in [2.45, 2.75) is 55.0 Å². The SMILES string of the molecule is C[C@H]1N(S(=O)(=O)c2ccc(F)cc2)[C@H](C(=O)CCc2cc(-c3ccc(C(F)(F)F)nc3)ncn2)CC1(F)CF. The topological polar surface area (TPSA) is 93.1 Å². The van der Waals surface area contributed by atoms with E-state index in [0.717, 1.165) is 42.9 Å². The largest absolute Gasteiger partial charge is 0.433 e. The summed E-state index contributed by atoms with van der Waals surface area (Å²) in [5, 5.41) is 0. The maximum Gasteiger partial charge on any atom is 0.433 e. The lowest BCUT2D eigenvalue weighted by Gasteiger charge is -2.28. The van der Waals surface area contributed by atoms with Crippen LogP contribution in [-0.2, 0) is 27.4 Å². The van der Waals surface area contributed by atoms with Gasteiger partial charge < -0.3 is 0 Å². The van der Waals surface area contributed by atoms with E-state index in [-0.39, 0.29) is 29.0 Å². The number of rotatable bonds is 8. The van der Waals surface area contributed by atoms with Crippen molar-refractivity contribution in [3.8, 4) is 11.3 Å². The smallest absolute Gasteiger partial charge is 0.298 e. The zero-order valence-corrected chi connectivity index (χ0v) is 21.2. The normalized spacial score (nSPS) is 22.2. The van der Waals surface area contributed by atoms with Crippen molar-refractivity contribution in [2.75, 3.05) is 6.67 Å². The van der Waals surface area contributed by atoms with E-state index in [1.54, 1.807) is 0 Å². The van der Waals surface area contributed by atoms with E-state index in [2.05, 4.69) is 15.0 Å². The molecule has 4 rings (SSSR count). The van der Waals surface area contributed by atoms with Gasteiger partial charge >= 0.3 is 6.18 Å². The molecule has 1 aliphatic heterocycles. The minimum absolute atomic E-state index is 0.0351. The molecular weight excluding hydrogens is 550 g/mol. The molecule has 2 aromatic heterocycles. The molecule has 208 valence electrons. The summed E-state index contributed by atoms with van der Waals surface area (Å²) in [6.45, 7) is -0.341. The second kappa shape index (κ2) is 10.6. The molecular formula is C25H22F6N4O3S. The van der Waals surface area contributed by atoms with Crippen LogP contribution in [0.5, 0.6) is 0 Å². The van der Waals surface area contributed by atoms with E-state index in [9.17, 15) is 35.2 Å². The average Bonchev–Trinajstić information content (AvgIpc) is 3.19. The number of aromatic nitrogens is 3. The second-order valence-corrected chi connectivity index (χ2v) is 11.0. The monoisotopic (exact) mass is 572 g/mol. The van der Waals surface area contributed by atoms with Crippen LogP contribution < -0.4 is 0 Å². The molecule has 0 radical (unpaired) electrons. The summed E-state index contributed by atoms with van der Waals surface area (Å²) in [5.74, 6) is -1.38. The van der Waals surface area contributed by atoms with E-state index in [1.165, 1.54) is 19.1 Å². The Morgan fingerprint density at radius 1 is 1.10 bits per heavy atom. The Bertz CT molecular complexity index is 1450. The van der Waals surface area contributed by atoms with Crippen LogP contribution in [0.15, 0.2) is 59.9 Å². The van der Waals surface area contributed by atoms with E-state index in [0.29, 0.717) is 10.00 Å². The molecule has 3 atom stereocenters. The summed E-state index contributed by atoms with van der Waals surface area (Å²) < 4.78 is 108. The number of alkyl halides is 5. The molecule has 0 bridgehead atoms. The highest BCUT2D eigenvalue weighted by Crippen LogP contribution is 2.41. The third kappa shape index (κ3) is 5.81. The van der Waals surface area contributed by atoms with Gasteiger partial charge in [-0.1, -0.05) is 0 Å². The fourth-order valence-corrected chi connectivity index (χ4v) is 6.28. The highest BCUT2D eigenvalue weighted by Gasteiger charge is 2.57. The summed E-state index contributed by atoms with van der Waals surface area (Å²) in [6, 6.07) is 4.15. The van der Waals surface area contributed by atoms with Crippen LogP contribution in [0.25, 0.3) is 11.3 Å². The zero-order valence-electron chi connectivity index (χ0n) is 20.4. The Morgan fingerprint density at radius 3 is 2.38 bits per heavy atom. The van der Waals surface area contributed by atoms with Gasteiger partial charge in [-0.2, -0.15) is 17.5 Å². The molecule has 14 heteroatoms. The Kier molecular flexibility index (Phi) is 7.81. The predicted molar refractivity (Wildman–Crippen MR) is 127 cm³/mol. The third-order valence-electron chi connectivity index (χ3n) is 6.65. The quantitative estimate of drug-likeness (QED) is 0.363. The fraction of sp³-hybridized carbons (Fsp3) is 0.360. The first-order chi connectivity index (χ1) is 18.3. The highest BCUT2D eigenvalue weighted by molar-refractivity contribution is 7.89. The minimum atomic E-state index is -4.61. The molecule has 1 fully saturated rings. The summed E-state index contributed by atoms with van der Waals surface area (Å²) in [4.78, 5) is 24.2. The van der Waals surface area contributed by atoms with Crippen molar-refractivity contribution >= 4 is 15.8 Å². The molecule has 0 spiro atoms. The number of pyridine rings is 1. The molecule has 1 aliphatic rings. The number of Topliss-reactive ketones (excluding diaryl/α,β-unsaturated/α-hetero) is 1. The maximum atomic E-state index is 15.3. The van der Waals surface area contributed by atoms with Crippen molar-refractivity contribution in [3.63, 3.8) is 0 Å². The number of carbonyl (C=O) groups is 1. The van der Waals surface area contributed by atoms with Gasteiger partial charge in [-0.15, -0.1) is 0 Å². The van der Waals surface area contributed by atoms with Crippen molar-refractivity contribution in [3.05, 3.63) is 72.2 Å². The number of halogens is 6. The number of carbonyl (C=O) groups excluding carboxylic acids is 1. The van der Waals surface area contributed by atoms with Gasteiger partial charge in [-0.05, 0) is 55.8 Å². The molecule has 7 nitrogen and oxygen atoms in total. The van der Waals surface area contributed by atoms with Crippen LogP contribution in [0.2, 0.25) is 0 Å². The molecule has 0 amide bonds. The molecule has 3 aromatic rings. The highest BCUT2D eigenvalue weighted by atomic mass is 32.2. The Hall–Kier alpha value is -3.39. The Balaban J connectivity index is 1.54. The summed E-state index contributed by atoms with van der Waals surface area (Å²) >= 11 is 0. The number of hydrogen-bond donors (Lipinski definition) is 0. The Labute approximate surface area is 220 Å². The molecule has 1 aromatic carbocycles. The molecule has 0 saturated carbocycles. The summed E-state index contributed by atoms with van der Waals surface area (Å²) in [6.07, 6.45) is -3.49. The van der Waals surface area contributed by atoms with Crippen LogP contribution >= 0.6 is 0 Å². The van der Waals surface area contributed by atoms with Crippen LogP contribution in [0, 0.1) is 5.82 Å². The van der Waals surface area contributed by atoms with Gasteiger partial charge in [0, 0.05) is 30.3 Å². The molecule has 1 saturated heterocycles. The van der Waals surface area contributed by atoms with Crippen LogP contribution in [-0.4, -0.2) is 57.9 Å². The summed E-state index contributed by atoms with van der Waals surface area (Å²) in [5.41, 5.74) is -2.86. The standard InChI is InChI=1S/C25H22F6N4O3S/c1-15-24(28,13-26)11-21(35(15)39(37,38)19-6-3-17(27)4-7-19)22(36)8-5-18-10-20(34-14-33-18)16-2-9-23(32-12-16)25(29,30)31/h2-4,6-7,9-10,12,14-15,21H,5,8,11,13H2,1H3/t15-,21+,24?/m1/s1. The first-order valence-corrected chi connectivity index (χ1v) is 13.1. The molecule has 0 N–H and O–H groups in total. The number of hydrogen-bond acceptors (Lipinski definition) is 6. The molecule has 1 unspecified atom stereocenters. The summed E-state index contributed by atoms with van der Waals surface area (Å²) in [7, 11) is -4.49. The number of benzene rings is 1. The van der Waals surface area contributed by atoms with Gasteiger partial charge in [0.15, 0.2) is 11.5 Å². The van der Waals surface area contributed by atoms with Crippen molar-refractivity contribution in [2.24, 2.45) is 0 Å². The number of ketones is 1. The van der Waals surface area contributed by atoms with Gasteiger partial charge in [-0.25, -0.2) is 31.6 Å². The van der Waals surface area contributed by atoms with Crippen molar-refractivity contribution < 1.29 is 39.6 Å². The van der Waals surface area contributed by atoms with E-state index < -0.39 is 64.3 Å². The Morgan fingerprint density at radius 2 is 1.79 bits per heavy atom. The van der Waals surface area contributed by atoms with E-state index in [1.807, 2.05) is 0 Å². The number of sulfonamides is 1. The van der Waals surface area contributed by atoms with Gasteiger partial charge in [0.05, 0.1) is 22.7 Å². The molecule has 0 aliphatic carbocycles. The van der Waals surface area contributed by atoms with Gasteiger partial charge in [-0.3, -0.25) is 9.78 Å². The van der Waals surface area contributed by atoms with E-state index >= 15 is 4.39 Å². The fourth-order valence-electron chi connectivity index (χ4n) is 4.43. The van der Waals surface area contributed by atoms with Crippen LogP contribution in [0.3, 0.4) is 0 Å². The lowest BCUT2D eigenvalue weighted by molar-refractivity contribution is -0.141. The van der Waals surface area contributed by atoms with Crippen molar-refractivity contribution in [1.82, 2.24) is 19.3 Å². The zero-order chi connectivity index (χ0) is 28.6. The molecule has 3 heterocycles. The lowest BCUT2D eigenvalue weighted by Crippen LogP contribution is -2.47. The second-order valence-electron chi connectivity index (χ2n) is 9.14. The third-order valence-corrected chi connectivity index (χ3v) is 8.65. The first kappa shape index (κ1) is 28.6. The molecule has 39 heavy (non-hydrogen) atoms.